The van der Waals surface area contributed by atoms with Crippen LogP contribution in [0.3, 0.4) is 0 Å². The van der Waals surface area contributed by atoms with Crippen LogP contribution < -0.4 is 5.73 Å². The quantitative estimate of drug-likeness (QED) is 0.430. The number of carbonyl (C=O) groups is 2. The number of nitriles is 1. The Morgan fingerprint density at radius 2 is 1.97 bits per heavy atom. The first-order valence-corrected chi connectivity index (χ1v) is 11.9. The summed E-state index contributed by atoms with van der Waals surface area (Å²) in [5.74, 6) is -1.44. The molecule has 1 fully saturated rings. The fourth-order valence-corrected chi connectivity index (χ4v) is 4.18. The van der Waals surface area contributed by atoms with Crippen LogP contribution >= 0.6 is 0 Å². The summed E-state index contributed by atoms with van der Waals surface area (Å²) in [4.78, 5) is 29.3. The number of rotatable bonds is 8. The predicted molar refractivity (Wildman–Crippen MR) is 131 cm³/mol. The molecule has 5 atom stereocenters. The van der Waals surface area contributed by atoms with E-state index < -0.39 is 41.8 Å². The maximum Gasteiger partial charge on any atom is 0.310 e. The number of fused-ring (bicyclic) bond motifs is 1. The van der Waals surface area contributed by atoms with E-state index in [0.717, 1.165) is 5.56 Å². The van der Waals surface area contributed by atoms with Crippen LogP contribution in [0.15, 0.2) is 48.8 Å². The molecule has 4 rings (SSSR count). The Kier molecular flexibility index (Phi) is 7.42. The van der Waals surface area contributed by atoms with Crippen molar-refractivity contribution in [3.05, 3.63) is 60.0 Å². The molecule has 0 aliphatic carbocycles. The number of carbonyl (C=O) groups excluding carboxylic acids is 2. The minimum atomic E-state index is -1.99. The molecule has 1 aromatic carbocycles. The number of ether oxygens (including phenoxy) is 3. The minimum absolute atomic E-state index is 0.0217. The van der Waals surface area contributed by atoms with E-state index in [0.29, 0.717) is 5.52 Å². The topological polar surface area (TPSA) is 162 Å². The highest BCUT2D eigenvalue weighted by atomic mass is 16.6. The second-order valence-corrected chi connectivity index (χ2v) is 9.39. The molecule has 37 heavy (non-hydrogen) atoms. The Morgan fingerprint density at radius 3 is 2.65 bits per heavy atom. The molecule has 2 aromatic heterocycles. The van der Waals surface area contributed by atoms with E-state index in [9.17, 15) is 20.0 Å². The van der Waals surface area contributed by atoms with Crippen LogP contribution in [0, 0.1) is 23.2 Å². The summed E-state index contributed by atoms with van der Waals surface area (Å²) in [6, 6.07) is 14.2. The third-order valence-electron chi connectivity index (χ3n) is 6.68. The Labute approximate surface area is 213 Å². The van der Waals surface area contributed by atoms with E-state index in [1.54, 1.807) is 25.1 Å². The Hall–Kier alpha value is -4.01. The van der Waals surface area contributed by atoms with Crippen molar-refractivity contribution >= 4 is 23.3 Å². The van der Waals surface area contributed by atoms with E-state index in [1.165, 1.54) is 16.9 Å². The molecule has 0 bridgehead atoms. The minimum Gasteiger partial charge on any atom is -0.463 e. The largest absolute Gasteiger partial charge is 0.463 e. The maximum absolute atomic E-state index is 12.8. The summed E-state index contributed by atoms with van der Waals surface area (Å²) in [6.07, 6.45) is -2.80. The summed E-state index contributed by atoms with van der Waals surface area (Å²) in [7, 11) is 0. The van der Waals surface area contributed by atoms with Crippen LogP contribution in [-0.2, 0) is 35.8 Å². The van der Waals surface area contributed by atoms with Gasteiger partial charge in [-0.15, -0.1) is 0 Å². The molecule has 11 nitrogen and oxygen atoms in total. The third-order valence-corrected chi connectivity index (χ3v) is 6.68. The summed E-state index contributed by atoms with van der Waals surface area (Å²) in [5, 5.41) is 25.8. The molecule has 1 aliphatic heterocycles. The molecule has 194 valence electrons. The van der Waals surface area contributed by atoms with Gasteiger partial charge in [0.05, 0.1) is 18.0 Å². The highest BCUT2D eigenvalue weighted by Gasteiger charge is 2.60. The van der Waals surface area contributed by atoms with E-state index in [2.05, 4.69) is 10.1 Å². The Balaban J connectivity index is 1.63. The SMILES string of the molecule is CC(C)[C@H](C)C(=O)O[C@H]1[C@@H](O)[C@](C#N)(c2ccc3c(N)ncnn23)O[C@@H]1COC(=O)Cc1ccccc1. The monoisotopic (exact) mass is 507 g/mol. The molecule has 0 saturated carbocycles. The van der Waals surface area contributed by atoms with Crippen molar-refractivity contribution in [2.24, 2.45) is 11.8 Å². The first-order chi connectivity index (χ1) is 17.7. The van der Waals surface area contributed by atoms with Gasteiger partial charge in [-0.05, 0) is 23.6 Å². The Bertz CT molecular complexity index is 1320. The first kappa shape index (κ1) is 26.1. The average Bonchev–Trinajstić information content (AvgIpc) is 3.44. The fraction of sp³-hybridized carbons (Fsp3) is 0.423. The summed E-state index contributed by atoms with van der Waals surface area (Å²) < 4.78 is 18.5. The standard InChI is InChI=1S/C26H29N5O6/c1-15(2)16(3)25(34)36-22-19(12-35-21(32)11-17-7-5-4-6-8-17)37-26(13-27,23(22)33)20-10-9-18-24(28)29-14-30-31(18)20/h4-10,14-16,19,22-23,33H,11-12H2,1-3H3,(H2,28,29,30)/t16-,19+,22+,23+,26-/m0/s1. The van der Waals surface area contributed by atoms with Crippen molar-refractivity contribution in [2.75, 3.05) is 12.3 Å². The molecule has 1 aliphatic rings. The van der Waals surface area contributed by atoms with Gasteiger partial charge in [-0.3, -0.25) is 9.59 Å². The van der Waals surface area contributed by atoms with Gasteiger partial charge >= 0.3 is 11.9 Å². The van der Waals surface area contributed by atoms with Gasteiger partial charge in [0.15, 0.2) is 11.9 Å². The van der Waals surface area contributed by atoms with Crippen molar-refractivity contribution in [2.45, 2.75) is 51.1 Å². The van der Waals surface area contributed by atoms with Gasteiger partial charge in [0.1, 0.15) is 36.7 Å². The number of aromatic nitrogens is 3. The molecular formula is C26H29N5O6. The van der Waals surface area contributed by atoms with Gasteiger partial charge < -0.3 is 25.1 Å². The second-order valence-electron chi connectivity index (χ2n) is 9.39. The molecule has 0 unspecified atom stereocenters. The summed E-state index contributed by atoms with van der Waals surface area (Å²) in [6.45, 7) is 5.10. The summed E-state index contributed by atoms with van der Waals surface area (Å²) >= 11 is 0. The molecule has 3 N–H and O–H groups in total. The number of nitrogen functional groups attached to an aromatic ring is 1. The van der Waals surface area contributed by atoms with Crippen LogP contribution in [0.4, 0.5) is 5.82 Å². The van der Waals surface area contributed by atoms with Crippen molar-refractivity contribution in [1.29, 1.82) is 5.26 Å². The third kappa shape index (κ3) is 4.98. The molecule has 0 amide bonds. The zero-order valence-corrected chi connectivity index (χ0v) is 20.8. The zero-order chi connectivity index (χ0) is 26.7. The van der Waals surface area contributed by atoms with Gasteiger partial charge in [-0.2, -0.15) is 10.4 Å². The molecule has 1 saturated heterocycles. The van der Waals surface area contributed by atoms with Gasteiger partial charge in [0.2, 0.25) is 5.60 Å². The van der Waals surface area contributed by atoms with Crippen LogP contribution in [0.1, 0.15) is 32.0 Å². The molecule has 0 spiro atoms. The lowest BCUT2D eigenvalue weighted by atomic mass is 9.92. The second kappa shape index (κ2) is 10.5. The smallest absolute Gasteiger partial charge is 0.310 e. The van der Waals surface area contributed by atoms with Crippen LogP contribution in [0.25, 0.3) is 5.52 Å². The molecular weight excluding hydrogens is 478 g/mol. The predicted octanol–water partition coefficient (Wildman–Crippen LogP) is 1.78. The van der Waals surface area contributed by atoms with Gasteiger partial charge in [-0.1, -0.05) is 51.1 Å². The number of hydrogen-bond acceptors (Lipinski definition) is 10. The van der Waals surface area contributed by atoms with Gasteiger partial charge in [-0.25, -0.2) is 9.50 Å². The lowest BCUT2D eigenvalue weighted by molar-refractivity contribution is -0.164. The normalized spacial score (nSPS) is 24.1. The number of esters is 2. The lowest BCUT2D eigenvalue weighted by Crippen LogP contribution is -2.44. The van der Waals surface area contributed by atoms with Gasteiger partial charge in [0, 0.05) is 0 Å². The number of hydrogen-bond donors (Lipinski definition) is 2. The number of nitrogens with zero attached hydrogens (tertiary/aromatic N) is 4. The fourth-order valence-electron chi connectivity index (χ4n) is 4.18. The molecule has 0 radical (unpaired) electrons. The number of benzene rings is 1. The van der Waals surface area contributed by atoms with E-state index in [4.69, 9.17) is 19.9 Å². The molecule has 3 heterocycles. The zero-order valence-electron chi connectivity index (χ0n) is 20.8. The van der Waals surface area contributed by atoms with Crippen LogP contribution in [0.5, 0.6) is 0 Å². The highest BCUT2D eigenvalue weighted by molar-refractivity contribution is 5.73. The van der Waals surface area contributed by atoms with Crippen molar-refractivity contribution < 1.29 is 28.9 Å². The first-order valence-electron chi connectivity index (χ1n) is 11.9. The molecule has 3 aromatic rings. The van der Waals surface area contributed by atoms with E-state index in [-0.39, 0.29) is 30.5 Å². The molecule has 11 heteroatoms. The lowest BCUT2D eigenvalue weighted by Gasteiger charge is -2.25. The average molecular weight is 508 g/mol. The van der Waals surface area contributed by atoms with Crippen molar-refractivity contribution in [1.82, 2.24) is 14.6 Å². The summed E-state index contributed by atoms with van der Waals surface area (Å²) in [5.41, 5.74) is 5.27. The van der Waals surface area contributed by atoms with E-state index in [1.807, 2.05) is 38.1 Å². The van der Waals surface area contributed by atoms with Crippen molar-refractivity contribution in [3.8, 4) is 6.07 Å². The number of aliphatic hydroxyl groups excluding tert-OH is 1. The highest BCUT2D eigenvalue weighted by Crippen LogP contribution is 2.42. The maximum atomic E-state index is 12.8. The van der Waals surface area contributed by atoms with Crippen LogP contribution in [0.2, 0.25) is 0 Å². The van der Waals surface area contributed by atoms with E-state index >= 15 is 0 Å². The Morgan fingerprint density at radius 1 is 1.24 bits per heavy atom. The number of aliphatic hydroxyl groups is 1. The number of anilines is 1. The van der Waals surface area contributed by atoms with Crippen molar-refractivity contribution in [3.63, 3.8) is 0 Å². The van der Waals surface area contributed by atoms with Gasteiger partial charge in [0.25, 0.3) is 0 Å². The van der Waals surface area contributed by atoms with Crippen LogP contribution in [-0.4, -0.2) is 56.6 Å². The number of nitrogens with two attached hydrogens (primary N) is 1.